The van der Waals surface area contributed by atoms with E-state index in [4.69, 9.17) is 4.74 Å². The molecule has 0 fully saturated rings. The number of benzene rings is 2. The Morgan fingerprint density at radius 3 is 2.60 bits per heavy atom. The number of rotatable bonds is 2. The molecule has 1 unspecified atom stereocenters. The molecule has 2 aromatic carbocycles. The molecule has 0 spiro atoms. The third-order valence-corrected chi connectivity index (χ3v) is 6.23. The number of nitrogens with zero attached hydrogens (tertiary/aromatic N) is 2. The van der Waals surface area contributed by atoms with Crippen LogP contribution in [0.4, 0.5) is 0 Å². The molecular formula is C19H20N2O3S. The lowest BCUT2D eigenvalue weighted by molar-refractivity contribution is 0.179. The van der Waals surface area contributed by atoms with Crippen LogP contribution in [-0.2, 0) is 16.6 Å². The molecule has 0 saturated carbocycles. The van der Waals surface area contributed by atoms with Crippen molar-refractivity contribution < 1.29 is 13.2 Å². The van der Waals surface area contributed by atoms with Gasteiger partial charge in [0.1, 0.15) is 11.9 Å². The van der Waals surface area contributed by atoms with Crippen LogP contribution in [0.3, 0.4) is 0 Å². The van der Waals surface area contributed by atoms with Crippen LogP contribution in [0.5, 0.6) is 5.75 Å². The summed E-state index contributed by atoms with van der Waals surface area (Å²) in [6.45, 7) is 3.60. The van der Waals surface area contributed by atoms with E-state index in [1.165, 1.54) is 3.97 Å². The molecule has 1 atom stereocenters. The zero-order valence-corrected chi connectivity index (χ0v) is 15.0. The second-order valence-corrected chi connectivity index (χ2v) is 8.34. The van der Waals surface area contributed by atoms with E-state index >= 15 is 0 Å². The lowest BCUT2D eigenvalue weighted by Gasteiger charge is -2.15. The molecule has 0 radical (unpaired) electrons. The maximum atomic E-state index is 13.0. The highest BCUT2D eigenvalue weighted by Gasteiger charge is 2.24. The van der Waals surface area contributed by atoms with Crippen molar-refractivity contribution in [1.82, 2.24) is 8.87 Å². The fraction of sp³-hybridized carbons (Fsp3) is 0.263. The molecular weight excluding hydrogens is 336 g/mol. The predicted octanol–water partition coefficient (Wildman–Crippen LogP) is 3.09. The number of hydrogen-bond acceptors (Lipinski definition) is 4. The van der Waals surface area contributed by atoms with Crippen LogP contribution in [-0.4, -0.2) is 37.0 Å². The van der Waals surface area contributed by atoms with Gasteiger partial charge in [-0.2, -0.15) is 0 Å². The van der Waals surface area contributed by atoms with Crippen molar-refractivity contribution in [1.29, 1.82) is 0 Å². The lowest BCUT2D eigenvalue weighted by Crippen LogP contribution is -2.27. The first kappa shape index (κ1) is 16.2. The first-order valence-corrected chi connectivity index (χ1v) is 9.69. The Hall–Kier alpha value is -2.31. The van der Waals surface area contributed by atoms with Crippen LogP contribution < -0.4 is 4.74 Å². The summed E-state index contributed by atoms with van der Waals surface area (Å²) < 4.78 is 33.3. The summed E-state index contributed by atoms with van der Waals surface area (Å²) in [6, 6.07) is 14.1. The summed E-state index contributed by atoms with van der Waals surface area (Å²) in [6.07, 6.45) is 1.72. The van der Waals surface area contributed by atoms with Gasteiger partial charge in [0.05, 0.1) is 10.4 Å². The topological polar surface area (TPSA) is 51.5 Å². The Kier molecular flexibility index (Phi) is 3.81. The van der Waals surface area contributed by atoms with Crippen molar-refractivity contribution in [2.75, 3.05) is 13.6 Å². The number of likely N-dealkylation sites (N-methyl/N-ethyl adjacent to an activating group) is 1. The van der Waals surface area contributed by atoms with E-state index in [2.05, 4.69) is 4.90 Å². The van der Waals surface area contributed by atoms with Crippen molar-refractivity contribution in [3.05, 3.63) is 60.3 Å². The highest BCUT2D eigenvalue weighted by molar-refractivity contribution is 7.90. The molecule has 1 aliphatic rings. The van der Waals surface area contributed by atoms with Crippen LogP contribution in [0.2, 0.25) is 0 Å². The van der Waals surface area contributed by atoms with Gasteiger partial charge in [-0.15, -0.1) is 0 Å². The monoisotopic (exact) mass is 356 g/mol. The molecule has 0 aliphatic carbocycles. The van der Waals surface area contributed by atoms with Gasteiger partial charge in [-0.1, -0.05) is 18.2 Å². The van der Waals surface area contributed by atoms with Gasteiger partial charge in [0, 0.05) is 30.2 Å². The van der Waals surface area contributed by atoms with Gasteiger partial charge in [-0.05, 0) is 44.3 Å². The summed E-state index contributed by atoms with van der Waals surface area (Å²) in [5.74, 6) is 0.833. The molecule has 0 bridgehead atoms. The van der Waals surface area contributed by atoms with E-state index in [-0.39, 0.29) is 11.0 Å². The standard InChI is InChI=1S/C19H20N2O3S/c1-14-12-20(2)13-17-16-10-11-21(18(16)8-9-19(17)24-14)25(22,23)15-6-4-3-5-7-15/h3-11,14H,12-13H2,1-2H3. The number of hydrogen-bond donors (Lipinski definition) is 0. The minimum absolute atomic E-state index is 0.0961. The van der Waals surface area contributed by atoms with Crippen LogP contribution in [0.25, 0.3) is 10.9 Å². The van der Waals surface area contributed by atoms with E-state index in [9.17, 15) is 8.42 Å². The smallest absolute Gasteiger partial charge is 0.268 e. The Bertz CT molecular complexity index is 1030. The van der Waals surface area contributed by atoms with Crippen molar-refractivity contribution >= 4 is 20.9 Å². The molecule has 1 aromatic heterocycles. The van der Waals surface area contributed by atoms with Gasteiger partial charge in [-0.3, -0.25) is 4.90 Å². The van der Waals surface area contributed by atoms with Crippen molar-refractivity contribution in [3.8, 4) is 5.75 Å². The fourth-order valence-electron chi connectivity index (χ4n) is 3.45. The van der Waals surface area contributed by atoms with Crippen LogP contribution in [0.15, 0.2) is 59.6 Å². The van der Waals surface area contributed by atoms with Gasteiger partial charge >= 0.3 is 0 Å². The summed E-state index contributed by atoms with van der Waals surface area (Å²) in [4.78, 5) is 2.48. The Labute approximate surface area is 147 Å². The van der Waals surface area contributed by atoms with Crippen LogP contribution in [0, 0.1) is 0 Å². The van der Waals surface area contributed by atoms with Gasteiger partial charge in [-0.25, -0.2) is 12.4 Å². The zero-order chi connectivity index (χ0) is 17.6. The summed E-state index contributed by atoms with van der Waals surface area (Å²) in [5, 5.41) is 0.915. The van der Waals surface area contributed by atoms with Crippen molar-refractivity contribution in [3.63, 3.8) is 0 Å². The van der Waals surface area contributed by atoms with E-state index < -0.39 is 10.0 Å². The van der Waals surface area contributed by atoms with E-state index in [1.54, 1.807) is 36.5 Å². The molecule has 2 heterocycles. The predicted molar refractivity (Wildman–Crippen MR) is 97.4 cm³/mol. The highest BCUT2D eigenvalue weighted by Crippen LogP contribution is 2.33. The van der Waals surface area contributed by atoms with Gasteiger partial charge in [0.2, 0.25) is 0 Å². The number of fused-ring (bicyclic) bond motifs is 3. The molecule has 130 valence electrons. The average Bonchev–Trinajstić information content (AvgIpc) is 2.96. The van der Waals surface area contributed by atoms with Crippen LogP contribution >= 0.6 is 0 Å². The zero-order valence-electron chi connectivity index (χ0n) is 14.2. The molecule has 4 rings (SSSR count). The highest BCUT2D eigenvalue weighted by atomic mass is 32.2. The third-order valence-electron chi connectivity index (χ3n) is 4.53. The van der Waals surface area contributed by atoms with Crippen molar-refractivity contribution in [2.45, 2.75) is 24.5 Å². The summed E-state index contributed by atoms with van der Waals surface area (Å²) >= 11 is 0. The second kappa shape index (κ2) is 5.89. The first-order chi connectivity index (χ1) is 12.0. The normalized spacial score (nSPS) is 18.6. The minimum Gasteiger partial charge on any atom is -0.489 e. The van der Waals surface area contributed by atoms with E-state index in [0.29, 0.717) is 5.52 Å². The van der Waals surface area contributed by atoms with Crippen LogP contribution in [0.1, 0.15) is 12.5 Å². The molecule has 1 aliphatic heterocycles. The largest absolute Gasteiger partial charge is 0.489 e. The maximum Gasteiger partial charge on any atom is 0.268 e. The van der Waals surface area contributed by atoms with E-state index in [1.807, 2.05) is 32.2 Å². The first-order valence-electron chi connectivity index (χ1n) is 8.25. The molecule has 25 heavy (non-hydrogen) atoms. The van der Waals surface area contributed by atoms with Gasteiger partial charge in [0.15, 0.2) is 0 Å². The number of ether oxygens (including phenoxy) is 1. The Morgan fingerprint density at radius 2 is 1.84 bits per heavy atom. The third kappa shape index (κ3) is 2.71. The molecule has 5 nitrogen and oxygen atoms in total. The number of aromatic nitrogens is 1. The summed E-state index contributed by atoms with van der Waals surface area (Å²) in [7, 11) is -1.57. The SMILES string of the molecule is CC1CN(C)Cc2c(ccc3c2ccn3S(=O)(=O)c2ccccc2)O1. The quantitative estimate of drug-likeness (QED) is 0.708. The summed E-state index contributed by atoms with van der Waals surface area (Å²) in [5.41, 5.74) is 1.71. The molecule has 0 saturated heterocycles. The molecule has 6 heteroatoms. The average molecular weight is 356 g/mol. The van der Waals surface area contributed by atoms with Gasteiger partial charge < -0.3 is 4.74 Å². The molecule has 0 N–H and O–H groups in total. The minimum atomic E-state index is -3.62. The Morgan fingerprint density at radius 1 is 1.08 bits per heavy atom. The molecule has 3 aromatic rings. The van der Waals surface area contributed by atoms with Crippen molar-refractivity contribution in [2.24, 2.45) is 0 Å². The molecule has 0 amide bonds. The van der Waals surface area contributed by atoms with E-state index in [0.717, 1.165) is 29.8 Å². The lowest BCUT2D eigenvalue weighted by atomic mass is 10.1. The van der Waals surface area contributed by atoms with Gasteiger partial charge in [0.25, 0.3) is 10.0 Å². The maximum absolute atomic E-state index is 13.0. The Balaban J connectivity index is 1.90. The fourth-order valence-corrected chi connectivity index (χ4v) is 4.82. The second-order valence-electron chi connectivity index (χ2n) is 6.53.